The minimum Gasteiger partial charge on any atom is -0.494 e. The number of methoxy groups -OCH3 is 1. The van der Waals surface area contributed by atoms with E-state index in [0.29, 0.717) is 16.7 Å². The second kappa shape index (κ2) is 7.34. The summed E-state index contributed by atoms with van der Waals surface area (Å²) in [6.45, 7) is 0.582. The maximum absolute atomic E-state index is 12.9. The highest BCUT2D eigenvalue weighted by Crippen LogP contribution is 2.37. The van der Waals surface area contributed by atoms with Crippen LogP contribution in [-0.4, -0.2) is 34.8 Å². The van der Waals surface area contributed by atoms with Gasteiger partial charge >= 0.3 is 6.09 Å². The number of nitrogens with zero attached hydrogens (tertiary/aromatic N) is 1. The summed E-state index contributed by atoms with van der Waals surface area (Å²) >= 11 is 9.24. The summed E-state index contributed by atoms with van der Waals surface area (Å²) in [6, 6.07) is 9.39. The summed E-state index contributed by atoms with van der Waals surface area (Å²) in [6.07, 6.45) is -0.528. The van der Waals surface area contributed by atoms with Crippen LogP contribution in [0.5, 0.6) is 5.75 Å². The van der Waals surface area contributed by atoms with Crippen molar-refractivity contribution in [3.05, 3.63) is 45.9 Å². The Morgan fingerprint density at radius 2 is 2.04 bits per heavy atom. The van der Waals surface area contributed by atoms with Gasteiger partial charge in [-0.25, -0.2) is 13.2 Å². The van der Waals surface area contributed by atoms with Gasteiger partial charge in [0.2, 0.25) is 0 Å². The number of ether oxygens (including phenoxy) is 2. The number of halogens is 2. The Labute approximate surface area is 164 Å². The van der Waals surface area contributed by atoms with Crippen molar-refractivity contribution in [2.75, 3.05) is 29.9 Å². The Morgan fingerprint density at radius 1 is 1.31 bits per heavy atom. The number of carbonyl (C=O) groups is 1. The number of sulfonamides is 1. The quantitative estimate of drug-likeness (QED) is 0.731. The zero-order chi connectivity index (χ0) is 18.9. The minimum absolute atomic E-state index is 0.125. The van der Waals surface area contributed by atoms with Crippen molar-refractivity contribution >= 4 is 55.0 Å². The molecule has 138 valence electrons. The van der Waals surface area contributed by atoms with Crippen LogP contribution in [0.1, 0.15) is 0 Å². The van der Waals surface area contributed by atoms with Gasteiger partial charge in [0, 0.05) is 5.02 Å². The average molecular weight is 462 g/mol. The third-order valence-electron chi connectivity index (χ3n) is 3.67. The fraction of sp³-hybridized carbons (Fsp3) is 0.188. The molecule has 1 N–H and O–H groups in total. The molecule has 0 saturated carbocycles. The third-order valence-corrected chi connectivity index (χ3v) is 5.85. The second-order valence-corrected chi connectivity index (χ2v) is 8.25. The van der Waals surface area contributed by atoms with E-state index in [9.17, 15) is 13.2 Å². The number of hydrogen-bond donors (Lipinski definition) is 1. The lowest BCUT2D eigenvalue weighted by atomic mass is 10.2. The molecule has 3 rings (SSSR count). The van der Waals surface area contributed by atoms with E-state index < -0.39 is 16.1 Å². The molecule has 1 saturated heterocycles. The number of rotatable bonds is 5. The Balaban J connectivity index is 2.03. The van der Waals surface area contributed by atoms with E-state index in [1.807, 2.05) is 0 Å². The predicted octanol–water partition coefficient (Wildman–Crippen LogP) is 3.87. The van der Waals surface area contributed by atoms with Crippen molar-refractivity contribution < 1.29 is 22.7 Å². The average Bonchev–Trinajstić information content (AvgIpc) is 3.00. The monoisotopic (exact) mass is 460 g/mol. The van der Waals surface area contributed by atoms with Gasteiger partial charge in [0.05, 0.1) is 29.5 Å². The fourth-order valence-corrected chi connectivity index (χ4v) is 5.00. The van der Waals surface area contributed by atoms with E-state index >= 15 is 0 Å². The first-order valence-electron chi connectivity index (χ1n) is 7.42. The molecule has 7 nitrogen and oxygen atoms in total. The van der Waals surface area contributed by atoms with Gasteiger partial charge < -0.3 is 9.47 Å². The molecule has 0 bridgehead atoms. The molecule has 2 aromatic carbocycles. The Morgan fingerprint density at radius 3 is 2.69 bits per heavy atom. The van der Waals surface area contributed by atoms with Gasteiger partial charge in [0.15, 0.2) is 5.75 Å². The number of para-hydroxylation sites is 2. The highest BCUT2D eigenvalue weighted by Gasteiger charge is 2.28. The molecule has 0 spiro atoms. The molecule has 2 aromatic rings. The molecular formula is C16H14BrClN2O5S. The smallest absolute Gasteiger partial charge is 0.414 e. The summed E-state index contributed by atoms with van der Waals surface area (Å²) in [5.74, 6) is 0.125. The molecule has 1 amide bonds. The maximum Gasteiger partial charge on any atom is 0.414 e. The molecule has 1 heterocycles. The molecule has 1 fully saturated rings. The Kier molecular flexibility index (Phi) is 5.31. The Bertz CT molecular complexity index is 967. The first kappa shape index (κ1) is 18.8. The van der Waals surface area contributed by atoms with Crippen LogP contribution in [0.25, 0.3) is 0 Å². The molecule has 26 heavy (non-hydrogen) atoms. The van der Waals surface area contributed by atoms with Crippen LogP contribution in [0.2, 0.25) is 5.02 Å². The van der Waals surface area contributed by atoms with E-state index in [4.69, 9.17) is 21.1 Å². The second-order valence-electron chi connectivity index (χ2n) is 5.31. The van der Waals surface area contributed by atoms with Crippen molar-refractivity contribution in [2.24, 2.45) is 0 Å². The van der Waals surface area contributed by atoms with Crippen LogP contribution in [0.15, 0.2) is 45.8 Å². The van der Waals surface area contributed by atoms with Gasteiger partial charge in [0.1, 0.15) is 11.5 Å². The van der Waals surface area contributed by atoms with Gasteiger partial charge in [-0.2, -0.15) is 0 Å². The predicted molar refractivity (Wildman–Crippen MR) is 102 cm³/mol. The van der Waals surface area contributed by atoms with Crippen LogP contribution in [-0.2, 0) is 14.8 Å². The van der Waals surface area contributed by atoms with Crippen molar-refractivity contribution in [3.63, 3.8) is 0 Å². The number of cyclic esters (lactones) is 1. The number of benzene rings is 2. The van der Waals surface area contributed by atoms with E-state index in [-0.39, 0.29) is 28.0 Å². The highest BCUT2D eigenvalue weighted by atomic mass is 79.9. The fourth-order valence-electron chi connectivity index (χ4n) is 2.54. The van der Waals surface area contributed by atoms with Gasteiger partial charge in [-0.1, -0.05) is 23.7 Å². The topological polar surface area (TPSA) is 84.9 Å². The number of anilines is 2. The Hall–Kier alpha value is -1.97. The molecule has 1 aliphatic heterocycles. The lowest BCUT2D eigenvalue weighted by Gasteiger charge is -2.19. The highest BCUT2D eigenvalue weighted by molar-refractivity contribution is 9.10. The van der Waals surface area contributed by atoms with E-state index in [1.54, 1.807) is 24.3 Å². The van der Waals surface area contributed by atoms with Crippen molar-refractivity contribution in [2.45, 2.75) is 4.90 Å². The van der Waals surface area contributed by atoms with Crippen LogP contribution >= 0.6 is 27.5 Å². The summed E-state index contributed by atoms with van der Waals surface area (Å²) < 4.78 is 38.9. The van der Waals surface area contributed by atoms with Crippen molar-refractivity contribution in [3.8, 4) is 5.75 Å². The third kappa shape index (κ3) is 3.60. The molecular weight excluding hydrogens is 448 g/mol. The van der Waals surface area contributed by atoms with Crippen LogP contribution < -0.4 is 14.4 Å². The van der Waals surface area contributed by atoms with Gasteiger partial charge in [-0.15, -0.1) is 0 Å². The molecule has 1 aliphatic rings. The molecule has 0 aromatic heterocycles. The number of nitrogens with one attached hydrogen (secondary N) is 1. The molecule has 10 heteroatoms. The first-order valence-corrected chi connectivity index (χ1v) is 10.1. The molecule has 0 radical (unpaired) electrons. The van der Waals surface area contributed by atoms with Crippen LogP contribution in [0.4, 0.5) is 16.2 Å². The number of hydrogen-bond acceptors (Lipinski definition) is 5. The van der Waals surface area contributed by atoms with Gasteiger partial charge in [0.25, 0.3) is 10.0 Å². The van der Waals surface area contributed by atoms with E-state index in [1.165, 1.54) is 24.1 Å². The zero-order valence-electron chi connectivity index (χ0n) is 13.5. The number of amides is 1. The largest absolute Gasteiger partial charge is 0.494 e. The van der Waals surface area contributed by atoms with Gasteiger partial charge in [-0.05, 0) is 40.2 Å². The zero-order valence-corrected chi connectivity index (χ0v) is 16.7. The van der Waals surface area contributed by atoms with E-state index in [2.05, 4.69) is 20.7 Å². The van der Waals surface area contributed by atoms with Crippen LogP contribution in [0.3, 0.4) is 0 Å². The summed E-state index contributed by atoms with van der Waals surface area (Å²) in [5.41, 5.74) is 0.642. The lowest BCUT2D eigenvalue weighted by molar-refractivity contribution is 0.181. The minimum atomic E-state index is -4.04. The normalized spacial score (nSPS) is 14.3. The molecule has 0 aliphatic carbocycles. The maximum atomic E-state index is 12.9. The summed E-state index contributed by atoms with van der Waals surface area (Å²) in [4.78, 5) is 13.1. The first-order chi connectivity index (χ1) is 12.3. The van der Waals surface area contributed by atoms with Crippen molar-refractivity contribution in [1.29, 1.82) is 0 Å². The van der Waals surface area contributed by atoms with Gasteiger partial charge in [-0.3, -0.25) is 9.62 Å². The SMILES string of the molecule is COc1c(Br)cc(Cl)cc1S(=O)(=O)Nc1ccccc1N1CCOC1=O. The molecule has 0 unspecified atom stereocenters. The summed E-state index contributed by atoms with van der Waals surface area (Å²) in [5, 5.41) is 0.231. The van der Waals surface area contributed by atoms with Crippen molar-refractivity contribution in [1.82, 2.24) is 0 Å². The molecule has 0 atom stereocenters. The summed E-state index contributed by atoms with van der Waals surface area (Å²) in [7, 11) is -2.68. The van der Waals surface area contributed by atoms with E-state index in [0.717, 1.165) is 0 Å². The number of carbonyl (C=O) groups excluding carboxylic acids is 1. The van der Waals surface area contributed by atoms with Crippen LogP contribution in [0, 0.1) is 0 Å². The lowest BCUT2D eigenvalue weighted by Crippen LogP contribution is -2.25. The standard InChI is InChI=1S/C16H14BrClN2O5S/c1-24-15-11(17)8-10(18)9-14(15)26(22,23)19-12-4-2-3-5-13(12)20-6-7-25-16(20)21/h2-5,8-9,19H,6-7H2,1H3.